The molecule has 0 fully saturated rings. The molecule has 8 heteroatoms. The zero-order chi connectivity index (χ0) is 21.4. The van der Waals surface area contributed by atoms with Crippen LogP contribution in [0.4, 0.5) is 5.82 Å². The number of benzene rings is 1. The lowest BCUT2D eigenvalue weighted by atomic mass is 10.0. The van der Waals surface area contributed by atoms with E-state index in [1.165, 1.54) is 0 Å². The zero-order valence-electron chi connectivity index (χ0n) is 18.1. The summed E-state index contributed by atoms with van der Waals surface area (Å²) in [5.41, 5.74) is 5.90. The molecule has 0 aliphatic rings. The van der Waals surface area contributed by atoms with Gasteiger partial charge in [0.2, 0.25) is 5.89 Å². The summed E-state index contributed by atoms with van der Waals surface area (Å²) < 4.78 is 12.5. The molecule has 0 radical (unpaired) electrons. The van der Waals surface area contributed by atoms with Crippen LogP contribution in [0.2, 0.25) is 0 Å². The molecule has 156 valence electrons. The van der Waals surface area contributed by atoms with E-state index in [0.29, 0.717) is 18.1 Å². The van der Waals surface area contributed by atoms with Gasteiger partial charge >= 0.3 is 0 Å². The van der Waals surface area contributed by atoms with Gasteiger partial charge in [-0.05, 0) is 57.9 Å². The lowest BCUT2D eigenvalue weighted by Gasteiger charge is -2.15. The molecule has 8 nitrogen and oxygen atoms in total. The zero-order valence-corrected chi connectivity index (χ0v) is 18.1. The van der Waals surface area contributed by atoms with Gasteiger partial charge in [-0.3, -0.25) is 0 Å². The Morgan fingerprint density at radius 3 is 2.60 bits per heavy atom. The molecule has 30 heavy (non-hydrogen) atoms. The molecule has 1 aromatic carbocycles. The van der Waals surface area contributed by atoms with Crippen LogP contribution in [0.5, 0.6) is 5.75 Å². The summed E-state index contributed by atoms with van der Waals surface area (Å²) in [6.45, 7) is 9.97. The fourth-order valence-corrected chi connectivity index (χ4v) is 3.69. The highest BCUT2D eigenvalue weighted by Crippen LogP contribution is 2.33. The first-order chi connectivity index (χ1) is 14.4. The van der Waals surface area contributed by atoms with Crippen LogP contribution in [0.1, 0.15) is 35.6 Å². The molecular formula is C22H26N6O2. The van der Waals surface area contributed by atoms with E-state index in [1.807, 2.05) is 43.5 Å². The van der Waals surface area contributed by atoms with Crippen molar-refractivity contribution in [3.8, 4) is 16.9 Å². The van der Waals surface area contributed by atoms with E-state index in [-0.39, 0.29) is 6.04 Å². The van der Waals surface area contributed by atoms with Crippen molar-refractivity contribution in [3.63, 3.8) is 0 Å². The van der Waals surface area contributed by atoms with Crippen LogP contribution in [-0.4, -0.2) is 37.9 Å². The Kier molecular flexibility index (Phi) is 5.15. The van der Waals surface area contributed by atoms with Gasteiger partial charge < -0.3 is 14.6 Å². The third-order valence-corrected chi connectivity index (χ3v) is 5.04. The number of aryl methyl sites for hydroxylation is 4. The van der Waals surface area contributed by atoms with Crippen molar-refractivity contribution < 1.29 is 9.26 Å². The van der Waals surface area contributed by atoms with Crippen LogP contribution in [-0.2, 0) is 6.42 Å². The number of hydrogen-bond acceptors (Lipinski definition) is 7. The van der Waals surface area contributed by atoms with E-state index in [9.17, 15) is 0 Å². The third kappa shape index (κ3) is 3.72. The van der Waals surface area contributed by atoms with Crippen LogP contribution in [0, 0.1) is 27.7 Å². The molecule has 0 spiro atoms. The van der Waals surface area contributed by atoms with Crippen molar-refractivity contribution >= 4 is 11.5 Å². The van der Waals surface area contributed by atoms with Crippen LogP contribution in [0.25, 0.3) is 16.8 Å². The van der Waals surface area contributed by atoms with Crippen molar-refractivity contribution in [2.24, 2.45) is 0 Å². The number of methoxy groups -OCH3 is 1. The maximum atomic E-state index is 5.35. The summed E-state index contributed by atoms with van der Waals surface area (Å²) in [6, 6.07) is 8.14. The van der Waals surface area contributed by atoms with Gasteiger partial charge in [0.25, 0.3) is 0 Å². The Morgan fingerprint density at radius 1 is 1.13 bits per heavy atom. The highest BCUT2D eigenvalue weighted by atomic mass is 16.5. The third-order valence-electron chi connectivity index (χ3n) is 5.04. The van der Waals surface area contributed by atoms with Crippen molar-refractivity contribution in [1.82, 2.24) is 24.7 Å². The Balaban J connectivity index is 1.73. The van der Waals surface area contributed by atoms with E-state index < -0.39 is 0 Å². The van der Waals surface area contributed by atoms with E-state index in [2.05, 4.69) is 35.4 Å². The summed E-state index contributed by atoms with van der Waals surface area (Å²) in [5, 5.41) is 12.2. The van der Waals surface area contributed by atoms with Crippen LogP contribution < -0.4 is 10.1 Å². The minimum absolute atomic E-state index is 0.0746. The summed E-state index contributed by atoms with van der Waals surface area (Å²) in [5.74, 6) is 2.96. The molecule has 3 heterocycles. The monoisotopic (exact) mass is 406 g/mol. The quantitative estimate of drug-likeness (QED) is 0.516. The van der Waals surface area contributed by atoms with Crippen molar-refractivity contribution in [3.05, 3.63) is 52.9 Å². The largest absolute Gasteiger partial charge is 0.497 e. The van der Waals surface area contributed by atoms with E-state index in [0.717, 1.165) is 45.3 Å². The van der Waals surface area contributed by atoms with Gasteiger partial charge in [0.1, 0.15) is 11.6 Å². The Hall–Kier alpha value is -3.42. The number of rotatable bonds is 6. The van der Waals surface area contributed by atoms with Gasteiger partial charge in [-0.2, -0.15) is 14.6 Å². The minimum Gasteiger partial charge on any atom is -0.497 e. The second kappa shape index (κ2) is 7.78. The van der Waals surface area contributed by atoms with Crippen LogP contribution in [0.15, 0.2) is 28.8 Å². The van der Waals surface area contributed by atoms with Crippen molar-refractivity contribution in [1.29, 1.82) is 0 Å². The lowest BCUT2D eigenvalue weighted by molar-refractivity contribution is 0.370. The maximum Gasteiger partial charge on any atom is 0.228 e. The van der Waals surface area contributed by atoms with E-state index >= 15 is 0 Å². The predicted molar refractivity (Wildman–Crippen MR) is 115 cm³/mol. The molecular weight excluding hydrogens is 380 g/mol. The van der Waals surface area contributed by atoms with Gasteiger partial charge in [-0.1, -0.05) is 11.2 Å². The Morgan fingerprint density at radius 2 is 1.93 bits per heavy atom. The summed E-state index contributed by atoms with van der Waals surface area (Å²) >= 11 is 0. The average molecular weight is 406 g/mol. The Bertz CT molecular complexity index is 1210. The molecule has 4 aromatic rings. The molecule has 0 amide bonds. The molecule has 0 saturated heterocycles. The predicted octanol–water partition coefficient (Wildman–Crippen LogP) is 4.06. The molecule has 1 N–H and O–H groups in total. The summed E-state index contributed by atoms with van der Waals surface area (Å²) in [7, 11) is 1.68. The normalized spacial score (nSPS) is 12.3. The standard InChI is InChI=1S/C22H26N6O2/c1-12-9-17(29-6)7-8-18(12)21-15(4)26-28-19(10-13(2)24-22(21)28)23-14(3)11-20-25-16(5)27-30-20/h7-10,14,23H,11H2,1-6H3/t14-/m0/s1. The molecule has 0 bridgehead atoms. The first-order valence-electron chi connectivity index (χ1n) is 9.93. The number of nitrogens with one attached hydrogen (secondary N) is 1. The van der Waals surface area contributed by atoms with E-state index in [1.54, 1.807) is 7.11 Å². The molecule has 0 unspecified atom stereocenters. The van der Waals surface area contributed by atoms with Gasteiger partial charge in [-0.15, -0.1) is 0 Å². The van der Waals surface area contributed by atoms with Gasteiger partial charge in [0, 0.05) is 29.8 Å². The maximum absolute atomic E-state index is 5.35. The smallest absolute Gasteiger partial charge is 0.228 e. The fourth-order valence-electron chi connectivity index (χ4n) is 3.69. The second-order valence-electron chi connectivity index (χ2n) is 7.64. The number of anilines is 1. The first kappa shape index (κ1) is 19.9. The Labute approximate surface area is 175 Å². The number of fused-ring (bicyclic) bond motifs is 1. The summed E-state index contributed by atoms with van der Waals surface area (Å²) in [6.07, 6.45) is 0.619. The molecule has 1 atom stereocenters. The highest BCUT2D eigenvalue weighted by molar-refractivity contribution is 5.83. The molecule has 3 aromatic heterocycles. The topological polar surface area (TPSA) is 90.4 Å². The van der Waals surface area contributed by atoms with Gasteiger partial charge in [0.05, 0.1) is 12.8 Å². The van der Waals surface area contributed by atoms with Gasteiger partial charge in [0.15, 0.2) is 11.5 Å². The molecule has 0 saturated carbocycles. The first-order valence-corrected chi connectivity index (χ1v) is 9.93. The number of ether oxygens (including phenoxy) is 1. The van der Waals surface area contributed by atoms with Crippen LogP contribution >= 0.6 is 0 Å². The number of aromatic nitrogens is 5. The van der Waals surface area contributed by atoms with Gasteiger partial charge in [-0.25, -0.2) is 4.98 Å². The highest BCUT2D eigenvalue weighted by Gasteiger charge is 2.19. The lowest BCUT2D eigenvalue weighted by Crippen LogP contribution is -2.20. The van der Waals surface area contributed by atoms with Crippen molar-refractivity contribution in [2.75, 3.05) is 12.4 Å². The number of nitrogens with zero attached hydrogens (tertiary/aromatic N) is 5. The fraction of sp³-hybridized carbons (Fsp3) is 0.364. The molecule has 4 rings (SSSR count). The average Bonchev–Trinajstić information content (AvgIpc) is 3.24. The van der Waals surface area contributed by atoms with Crippen LogP contribution in [0.3, 0.4) is 0 Å². The number of hydrogen-bond donors (Lipinski definition) is 1. The van der Waals surface area contributed by atoms with E-state index in [4.69, 9.17) is 19.3 Å². The van der Waals surface area contributed by atoms with Crippen molar-refractivity contribution in [2.45, 2.75) is 47.1 Å². The minimum atomic E-state index is 0.0746. The molecule has 0 aliphatic heterocycles. The summed E-state index contributed by atoms with van der Waals surface area (Å²) in [4.78, 5) is 9.09. The molecule has 0 aliphatic carbocycles. The second-order valence-corrected chi connectivity index (χ2v) is 7.64. The SMILES string of the molecule is COc1ccc(-c2c(C)nn3c(N[C@@H](C)Cc4nc(C)no4)cc(C)nc23)c(C)c1.